The van der Waals surface area contributed by atoms with Gasteiger partial charge < -0.3 is 9.52 Å². The molecule has 1 aromatic heterocycles. The zero-order valence-electron chi connectivity index (χ0n) is 7.06. The van der Waals surface area contributed by atoms with E-state index in [1.165, 1.54) is 0 Å². The van der Waals surface area contributed by atoms with Gasteiger partial charge in [-0.2, -0.15) is 8.42 Å². The summed E-state index contributed by atoms with van der Waals surface area (Å²) >= 11 is 0. The Labute approximate surface area is 76.1 Å². The van der Waals surface area contributed by atoms with Crippen molar-refractivity contribution in [2.75, 3.05) is 6.26 Å². The van der Waals surface area contributed by atoms with E-state index >= 15 is 0 Å². The van der Waals surface area contributed by atoms with E-state index < -0.39 is 10.1 Å². The minimum Gasteiger partial charge on any atom is -0.461 e. The molecular formula is C7H10O5S. The van der Waals surface area contributed by atoms with E-state index in [0.717, 1.165) is 6.26 Å². The molecule has 0 radical (unpaired) electrons. The van der Waals surface area contributed by atoms with Gasteiger partial charge in [0, 0.05) is 0 Å². The van der Waals surface area contributed by atoms with Crippen molar-refractivity contribution >= 4 is 10.1 Å². The second-order valence-corrected chi connectivity index (χ2v) is 4.14. The molecule has 0 bridgehead atoms. The minimum absolute atomic E-state index is 0.140. The largest absolute Gasteiger partial charge is 0.461 e. The van der Waals surface area contributed by atoms with Crippen molar-refractivity contribution < 1.29 is 22.1 Å². The third kappa shape index (κ3) is 3.58. The summed E-state index contributed by atoms with van der Waals surface area (Å²) in [7, 11) is -3.44. The number of hydrogen-bond acceptors (Lipinski definition) is 5. The van der Waals surface area contributed by atoms with Crippen LogP contribution in [0.15, 0.2) is 16.5 Å². The Morgan fingerprint density at radius 2 is 2.08 bits per heavy atom. The van der Waals surface area contributed by atoms with Crippen LogP contribution in [-0.2, 0) is 27.5 Å². The first-order valence-corrected chi connectivity index (χ1v) is 5.36. The molecule has 0 spiro atoms. The molecule has 0 saturated heterocycles. The molecule has 6 heteroatoms. The average molecular weight is 206 g/mol. The van der Waals surface area contributed by atoms with Gasteiger partial charge in [-0.25, -0.2) is 0 Å². The molecule has 0 aromatic carbocycles. The average Bonchev–Trinajstić information content (AvgIpc) is 2.47. The van der Waals surface area contributed by atoms with Gasteiger partial charge in [-0.1, -0.05) is 0 Å². The second-order valence-electron chi connectivity index (χ2n) is 2.49. The number of hydrogen-bond donors (Lipinski definition) is 1. The third-order valence-corrected chi connectivity index (χ3v) is 1.83. The molecule has 0 atom stereocenters. The zero-order valence-corrected chi connectivity index (χ0v) is 7.87. The molecule has 0 aliphatic rings. The Hall–Kier alpha value is -0.850. The van der Waals surface area contributed by atoms with Crippen molar-refractivity contribution in [2.24, 2.45) is 0 Å². The van der Waals surface area contributed by atoms with Crippen molar-refractivity contribution in [3.8, 4) is 0 Å². The summed E-state index contributed by atoms with van der Waals surface area (Å²) < 4.78 is 30.6. The van der Waals surface area contributed by atoms with E-state index in [2.05, 4.69) is 4.18 Å². The predicted molar refractivity (Wildman–Crippen MR) is 44.3 cm³/mol. The molecule has 1 rings (SSSR count). The lowest BCUT2D eigenvalue weighted by atomic mass is 10.4. The molecule has 74 valence electrons. The highest BCUT2D eigenvalue weighted by Crippen LogP contribution is 2.09. The van der Waals surface area contributed by atoms with Gasteiger partial charge in [0.15, 0.2) is 0 Å². The van der Waals surface area contributed by atoms with E-state index in [0.29, 0.717) is 11.5 Å². The molecule has 0 amide bonds. The molecule has 0 saturated carbocycles. The van der Waals surface area contributed by atoms with Crippen LogP contribution >= 0.6 is 0 Å². The summed E-state index contributed by atoms with van der Waals surface area (Å²) in [5.41, 5.74) is 0. The summed E-state index contributed by atoms with van der Waals surface area (Å²) in [6.45, 7) is -0.349. The molecule has 1 aromatic rings. The number of aliphatic hydroxyl groups excluding tert-OH is 1. The summed E-state index contributed by atoms with van der Waals surface area (Å²) in [5.74, 6) is 0.751. The van der Waals surface area contributed by atoms with E-state index in [9.17, 15) is 8.42 Å². The van der Waals surface area contributed by atoms with Crippen LogP contribution in [-0.4, -0.2) is 19.8 Å². The van der Waals surface area contributed by atoms with Crippen LogP contribution in [0.2, 0.25) is 0 Å². The molecule has 1 N–H and O–H groups in total. The number of rotatable bonds is 4. The maximum absolute atomic E-state index is 10.6. The zero-order chi connectivity index (χ0) is 9.90. The number of furan rings is 1. The fourth-order valence-corrected chi connectivity index (χ4v) is 1.08. The van der Waals surface area contributed by atoms with Crippen LogP contribution in [0.4, 0.5) is 0 Å². The minimum atomic E-state index is -3.44. The van der Waals surface area contributed by atoms with Crippen LogP contribution in [0, 0.1) is 0 Å². The SMILES string of the molecule is CS(=O)(=O)OCc1ccc(CO)o1. The number of aliphatic hydroxyl groups is 1. The molecular weight excluding hydrogens is 196 g/mol. The maximum atomic E-state index is 10.6. The molecule has 1 heterocycles. The van der Waals surface area contributed by atoms with Crippen molar-refractivity contribution in [1.29, 1.82) is 0 Å². The van der Waals surface area contributed by atoms with Gasteiger partial charge in [-0.15, -0.1) is 0 Å². The highest BCUT2D eigenvalue weighted by atomic mass is 32.2. The monoisotopic (exact) mass is 206 g/mol. The van der Waals surface area contributed by atoms with Gasteiger partial charge >= 0.3 is 0 Å². The molecule has 0 aliphatic heterocycles. The van der Waals surface area contributed by atoms with E-state index in [1.807, 2.05) is 0 Å². The second kappa shape index (κ2) is 3.91. The Bertz CT molecular complexity index is 364. The summed E-state index contributed by atoms with van der Waals surface area (Å²) in [6.07, 6.45) is 0.961. The highest BCUT2D eigenvalue weighted by Gasteiger charge is 2.05. The molecule has 0 aliphatic carbocycles. The van der Waals surface area contributed by atoms with Crippen LogP contribution < -0.4 is 0 Å². The van der Waals surface area contributed by atoms with Gasteiger partial charge in [0.05, 0.1) is 6.26 Å². The van der Waals surface area contributed by atoms with E-state index in [4.69, 9.17) is 9.52 Å². The first-order chi connectivity index (χ1) is 6.01. The smallest absolute Gasteiger partial charge is 0.264 e. The van der Waals surface area contributed by atoms with Crippen LogP contribution in [0.25, 0.3) is 0 Å². The predicted octanol–water partition coefficient (Wildman–Crippen LogP) is 0.248. The van der Waals surface area contributed by atoms with Crippen molar-refractivity contribution in [3.05, 3.63) is 23.7 Å². The fraction of sp³-hybridized carbons (Fsp3) is 0.429. The molecule has 5 nitrogen and oxygen atoms in total. The van der Waals surface area contributed by atoms with Crippen molar-refractivity contribution in [1.82, 2.24) is 0 Å². The third-order valence-electron chi connectivity index (χ3n) is 1.29. The van der Waals surface area contributed by atoms with Crippen molar-refractivity contribution in [3.63, 3.8) is 0 Å². The van der Waals surface area contributed by atoms with Crippen LogP contribution in [0.3, 0.4) is 0 Å². The Morgan fingerprint density at radius 1 is 1.46 bits per heavy atom. The highest BCUT2D eigenvalue weighted by molar-refractivity contribution is 7.85. The first-order valence-electron chi connectivity index (χ1n) is 3.54. The van der Waals surface area contributed by atoms with Gasteiger partial charge in [0.2, 0.25) is 0 Å². The molecule has 0 unspecified atom stereocenters. The van der Waals surface area contributed by atoms with Gasteiger partial charge in [-0.3, -0.25) is 4.18 Å². The maximum Gasteiger partial charge on any atom is 0.264 e. The summed E-state index contributed by atoms with van der Waals surface area (Å²) in [4.78, 5) is 0. The summed E-state index contributed by atoms with van der Waals surface area (Å²) in [6, 6.07) is 3.11. The van der Waals surface area contributed by atoms with Gasteiger partial charge in [0.1, 0.15) is 24.7 Å². The Morgan fingerprint density at radius 3 is 2.54 bits per heavy atom. The standard InChI is InChI=1S/C7H10O5S/c1-13(9,10)11-5-7-3-2-6(4-8)12-7/h2-3,8H,4-5H2,1H3. The first kappa shape index (κ1) is 10.2. The Kier molecular flexibility index (Phi) is 3.07. The fourth-order valence-electron chi connectivity index (χ4n) is 0.750. The van der Waals surface area contributed by atoms with Gasteiger partial charge in [-0.05, 0) is 12.1 Å². The lowest BCUT2D eigenvalue weighted by Gasteiger charge is -1.96. The summed E-state index contributed by atoms with van der Waals surface area (Å²) in [5, 5.41) is 8.63. The Balaban J connectivity index is 2.55. The topological polar surface area (TPSA) is 76.7 Å². The normalized spacial score (nSPS) is 11.8. The lowest BCUT2D eigenvalue weighted by molar-refractivity contribution is 0.227. The lowest BCUT2D eigenvalue weighted by Crippen LogP contribution is -2.01. The van der Waals surface area contributed by atoms with Crippen molar-refractivity contribution in [2.45, 2.75) is 13.2 Å². The molecule has 0 fully saturated rings. The van der Waals surface area contributed by atoms with E-state index in [-0.39, 0.29) is 13.2 Å². The van der Waals surface area contributed by atoms with Crippen LogP contribution in [0.5, 0.6) is 0 Å². The molecule has 13 heavy (non-hydrogen) atoms. The quantitative estimate of drug-likeness (QED) is 0.714. The van der Waals surface area contributed by atoms with Crippen LogP contribution in [0.1, 0.15) is 11.5 Å². The van der Waals surface area contributed by atoms with E-state index in [1.54, 1.807) is 12.1 Å². The van der Waals surface area contributed by atoms with Gasteiger partial charge in [0.25, 0.3) is 10.1 Å².